The number of hydrogen-bond acceptors (Lipinski definition) is 2. The third kappa shape index (κ3) is 3.15. The summed E-state index contributed by atoms with van der Waals surface area (Å²) < 4.78 is 0. The van der Waals surface area contributed by atoms with Crippen LogP contribution in [0.2, 0.25) is 10.0 Å². The minimum atomic E-state index is -0.236. The van der Waals surface area contributed by atoms with Crippen LogP contribution in [0.4, 0.5) is 0 Å². The van der Waals surface area contributed by atoms with E-state index in [2.05, 4.69) is 10.3 Å². The van der Waals surface area contributed by atoms with Crippen molar-refractivity contribution < 1.29 is 4.79 Å². The standard InChI is InChI=1S/C16H10Cl2N2O/c17-12-6-4-10(5-7-12)8-14-16(21)20-15(19-14)11-2-1-3-13(18)9-11/h1-9H,(H,19,20,21)/b14-8+. The SMILES string of the molecule is O=C1NC(c2cccc(Cl)c2)=N/C1=C/c1ccc(Cl)cc1. The van der Waals surface area contributed by atoms with E-state index in [-0.39, 0.29) is 5.91 Å². The average Bonchev–Trinajstić information content (AvgIpc) is 2.83. The summed E-state index contributed by atoms with van der Waals surface area (Å²) in [7, 11) is 0. The predicted molar refractivity (Wildman–Crippen MR) is 85.6 cm³/mol. The molecule has 0 atom stereocenters. The zero-order valence-electron chi connectivity index (χ0n) is 10.8. The fourth-order valence-corrected chi connectivity index (χ4v) is 2.27. The molecule has 2 aromatic carbocycles. The third-order valence-electron chi connectivity index (χ3n) is 2.97. The lowest BCUT2D eigenvalue weighted by atomic mass is 10.2. The van der Waals surface area contributed by atoms with Gasteiger partial charge in [-0.15, -0.1) is 0 Å². The van der Waals surface area contributed by atoms with Crippen LogP contribution in [0.5, 0.6) is 0 Å². The Bertz CT molecular complexity index is 764. The number of aliphatic imine (C=N–C) groups is 1. The van der Waals surface area contributed by atoms with Crippen molar-refractivity contribution in [3.8, 4) is 0 Å². The molecule has 3 nitrogen and oxygen atoms in total. The molecule has 0 spiro atoms. The Morgan fingerprint density at radius 2 is 1.76 bits per heavy atom. The fourth-order valence-electron chi connectivity index (χ4n) is 1.96. The second-order valence-electron chi connectivity index (χ2n) is 4.51. The number of hydrogen-bond donors (Lipinski definition) is 1. The normalized spacial score (nSPS) is 16.0. The minimum Gasteiger partial charge on any atom is -0.305 e. The lowest BCUT2D eigenvalue weighted by Gasteiger charge is -2.00. The molecule has 2 aromatic rings. The lowest BCUT2D eigenvalue weighted by molar-refractivity contribution is -0.115. The molecule has 1 heterocycles. The molecule has 21 heavy (non-hydrogen) atoms. The lowest BCUT2D eigenvalue weighted by Crippen LogP contribution is -2.24. The maximum atomic E-state index is 12.0. The first kappa shape index (κ1) is 13.9. The zero-order valence-corrected chi connectivity index (χ0v) is 12.3. The molecule has 3 rings (SSSR count). The molecule has 0 saturated heterocycles. The Labute approximate surface area is 131 Å². The van der Waals surface area contributed by atoms with Crippen molar-refractivity contribution in [1.29, 1.82) is 0 Å². The first-order chi connectivity index (χ1) is 10.1. The van der Waals surface area contributed by atoms with E-state index in [4.69, 9.17) is 23.2 Å². The molecule has 1 aliphatic rings. The van der Waals surface area contributed by atoms with Crippen LogP contribution in [-0.2, 0) is 4.79 Å². The molecule has 1 aliphatic heterocycles. The van der Waals surface area contributed by atoms with Crippen molar-refractivity contribution in [2.45, 2.75) is 0 Å². The molecule has 1 N–H and O–H groups in total. The Balaban J connectivity index is 1.93. The van der Waals surface area contributed by atoms with Crippen LogP contribution in [0.25, 0.3) is 6.08 Å². The van der Waals surface area contributed by atoms with E-state index >= 15 is 0 Å². The number of amides is 1. The van der Waals surface area contributed by atoms with Crippen LogP contribution in [0, 0.1) is 0 Å². The molecule has 104 valence electrons. The van der Waals surface area contributed by atoms with Crippen molar-refractivity contribution in [3.63, 3.8) is 0 Å². The number of carbonyl (C=O) groups excluding carboxylic acids is 1. The summed E-state index contributed by atoms with van der Waals surface area (Å²) in [6.07, 6.45) is 1.71. The van der Waals surface area contributed by atoms with Gasteiger partial charge >= 0.3 is 0 Å². The largest absolute Gasteiger partial charge is 0.305 e. The first-order valence-corrected chi connectivity index (χ1v) is 7.01. The van der Waals surface area contributed by atoms with E-state index in [1.54, 1.807) is 30.3 Å². The van der Waals surface area contributed by atoms with E-state index in [1.807, 2.05) is 24.3 Å². The number of nitrogens with zero attached hydrogens (tertiary/aromatic N) is 1. The Morgan fingerprint density at radius 3 is 2.48 bits per heavy atom. The van der Waals surface area contributed by atoms with Gasteiger partial charge < -0.3 is 5.32 Å². The third-order valence-corrected chi connectivity index (χ3v) is 3.46. The highest BCUT2D eigenvalue weighted by Crippen LogP contribution is 2.18. The van der Waals surface area contributed by atoms with Crippen LogP contribution in [0.3, 0.4) is 0 Å². The highest BCUT2D eigenvalue weighted by atomic mass is 35.5. The van der Waals surface area contributed by atoms with Gasteiger partial charge in [0.25, 0.3) is 5.91 Å². The van der Waals surface area contributed by atoms with Gasteiger partial charge in [-0.2, -0.15) is 0 Å². The number of halogens is 2. The molecule has 0 radical (unpaired) electrons. The topological polar surface area (TPSA) is 41.5 Å². The van der Waals surface area contributed by atoms with Gasteiger partial charge in [0.15, 0.2) is 0 Å². The molecular formula is C16H10Cl2N2O. The highest BCUT2D eigenvalue weighted by molar-refractivity contribution is 6.31. The minimum absolute atomic E-state index is 0.236. The van der Waals surface area contributed by atoms with E-state index in [9.17, 15) is 4.79 Å². The van der Waals surface area contributed by atoms with Gasteiger partial charge in [-0.1, -0.05) is 47.5 Å². The Kier molecular flexibility index (Phi) is 3.78. The number of amidine groups is 1. The molecule has 0 saturated carbocycles. The molecule has 0 aromatic heterocycles. The maximum absolute atomic E-state index is 12.0. The smallest absolute Gasteiger partial charge is 0.275 e. The van der Waals surface area contributed by atoms with E-state index < -0.39 is 0 Å². The Morgan fingerprint density at radius 1 is 1.00 bits per heavy atom. The van der Waals surface area contributed by atoms with Gasteiger partial charge in [-0.3, -0.25) is 4.79 Å². The second-order valence-corrected chi connectivity index (χ2v) is 5.38. The van der Waals surface area contributed by atoms with Gasteiger partial charge in [-0.05, 0) is 35.9 Å². The van der Waals surface area contributed by atoms with Gasteiger partial charge in [0.05, 0.1) is 0 Å². The molecule has 0 fully saturated rings. The fraction of sp³-hybridized carbons (Fsp3) is 0. The van der Waals surface area contributed by atoms with Gasteiger partial charge in [0.1, 0.15) is 11.5 Å². The van der Waals surface area contributed by atoms with E-state index in [0.29, 0.717) is 21.6 Å². The van der Waals surface area contributed by atoms with Crippen molar-refractivity contribution in [1.82, 2.24) is 5.32 Å². The molecule has 0 bridgehead atoms. The predicted octanol–water partition coefficient (Wildman–Crippen LogP) is 3.91. The van der Waals surface area contributed by atoms with Crippen LogP contribution in [-0.4, -0.2) is 11.7 Å². The number of nitrogens with one attached hydrogen (secondary N) is 1. The molecule has 0 aliphatic carbocycles. The number of benzene rings is 2. The quantitative estimate of drug-likeness (QED) is 0.838. The van der Waals surface area contributed by atoms with Crippen LogP contribution < -0.4 is 5.32 Å². The first-order valence-electron chi connectivity index (χ1n) is 6.25. The molecule has 5 heteroatoms. The summed E-state index contributed by atoms with van der Waals surface area (Å²) in [6, 6.07) is 14.4. The van der Waals surface area contributed by atoms with E-state index in [0.717, 1.165) is 11.1 Å². The summed E-state index contributed by atoms with van der Waals surface area (Å²) in [5.74, 6) is 0.266. The average molecular weight is 317 g/mol. The summed E-state index contributed by atoms with van der Waals surface area (Å²) in [5, 5.41) is 3.98. The molecule has 0 unspecified atom stereocenters. The summed E-state index contributed by atoms with van der Waals surface area (Å²) in [4.78, 5) is 16.3. The van der Waals surface area contributed by atoms with E-state index in [1.165, 1.54) is 0 Å². The Hall–Kier alpha value is -2.10. The number of rotatable bonds is 2. The van der Waals surface area contributed by atoms with Crippen molar-refractivity contribution in [2.24, 2.45) is 4.99 Å². The monoisotopic (exact) mass is 316 g/mol. The highest BCUT2D eigenvalue weighted by Gasteiger charge is 2.21. The zero-order chi connectivity index (χ0) is 14.8. The number of carbonyl (C=O) groups is 1. The summed E-state index contributed by atoms with van der Waals surface area (Å²) in [6.45, 7) is 0. The second kappa shape index (κ2) is 5.72. The van der Waals surface area contributed by atoms with Crippen molar-refractivity contribution in [3.05, 3.63) is 75.4 Å². The van der Waals surface area contributed by atoms with Crippen LogP contribution in [0.1, 0.15) is 11.1 Å². The molecule has 1 amide bonds. The summed E-state index contributed by atoms with van der Waals surface area (Å²) >= 11 is 11.8. The van der Waals surface area contributed by atoms with Crippen LogP contribution in [0.15, 0.2) is 59.2 Å². The van der Waals surface area contributed by atoms with Gasteiger partial charge in [0.2, 0.25) is 0 Å². The van der Waals surface area contributed by atoms with Crippen molar-refractivity contribution >= 4 is 41.0 Å². The van der Waals surface area contributed by atoms with Gasteiger partial charge in [-0.25, -0.2) is 4.99 Å². The molecular weight excluding hydrogens is 307 g/mol. The van der Waals surface area contributed by atoms with Crippen molar-refractivity contribution in [2.75, 3.05) is 0 Å². The van der Waals surface area contributed by atoms with Crippen LogP contribution >= 0.6 is 23.2 Å². The van der Waals surface area contributed by atoms with Gasteiger partial charge in [0, 0.05) is 15.6 Å². The maximum Gasteiger partial charge on any atom is 0.275 e. The summed E-state index contributed by atoms with van der Waals surface area (Å²) in [5.41, 5.74) is 1.99.